The highest BCUT2D eigenvalue weighted by Crippen LogP contribution is 2.45. The predicted octanol–water partition coefficient (Wildman–Crippen LogP) is 4.55. The van der Waals surface area contributed by atoms with Gasteiger partial charge in [0.05, 0.1) is 27.8 Å². The minimum Gasteiger partial charge on any atom is -0.496 e. The summed E-state index contributed by atoms with van der Waals surface area (Å²) in [6.07, 6.45) is 7.57. The molecule has 0 radical (unpaired) electrons. The Balaban J connectivity index is 1.70. The molecule has 1 aliphatic carbocycles. The third kappa shape index (κ3) is 6.26. The van der Waals surface area contributed by atoms with Gasteiger partial charge in [0.2, 0.25) is 11.8 Å². The highest BCUT2D eigenvalue weighted by Gasteiger charge is 2.27. The van der Waals surface area contributed by atoms with Crippen LogP contribution in [0.5, 0.6) is 17.4 Å². The minimum atomic E-state index is -0.895. The van der Waals surface area contributed by atoms with Crippen molar-refractivity contribution in [1.82, 2.24) is 15.3 Å². The van der Waals surface area contributed by atoms with Crippen molar-refractivity contribution in [3.8, 4) is 17.4 Å². The number of aromatic nitrogens is 2. The molecule has 0 saturated carbocycles. The molecule has 3 aromatic rings. The molecule has 1 aliphatic rings. The number of rotatable bonds is 11. The summed E-state index contributed by atoms with van der Waals surface area (Å²) in [5.74, 6) is 0.560. The normalized spacial score (nSPS) is 13.3. The molecule has 2 heterocycles. The lowest BCUT2D eigenvalue weighted by Crippen LogP contribution is -2.22. The highest BCUT2D eigenvalue weighted by atomic mass is 16.5. The molecule has 0 aliphatic heterocycles. The second kappa shape index (κ2) is 12.3. The number of amides is 1. The van der Waals surface area contributed by atoms with Gasteiger partial charge in [0.25, 0.3) is 0 Å². The third-order valence-corrected chi connectivity index (χ3v) is 6.67. The van der Waals surface area contributed by atoms with Crippen molar-refractivity contribution in [2.24, 2.45) is 0 Å². The maximum Gasteiger partial charge on any atom is 0.303 e. The average Bonchev–Trinajstić information content (AvgIpc) is 3.20. The van der Waals surface area contributed by atoms with Crippen LogP contribution >= 0.6 is 0 Å². The van der Waals surface area contributed by atoms with E-state index >= 15 is 0 Å². The fourth-order valence-corrected chi connectivity index (χ4v) is 4.65. The Morgan fingerprint density at radius 1 is 1.00 bits per heavy atom. The third-order valence-electron chi connectivity index (χ3n) is 6.67. The molecule has 0 fully saturated rings. The molecule has 1 aromatic carbocycles. The number of carbonyl (C=O) groups is 2. The molecule has 4 rings (SSSR count). The van der Waals surface area contributed by atoms with Crippen molar-refractivity contribution in [2.75, 3.05) is 21.3 Å². The molecular formula is C30H31N3O6. The van der Waals surface area contributed by atoms with Crippen LogP contribution in [0.15, 0.2) is 54.5 Å². The molecule has 0 unspecified atom stereocenters. The number of hydrogen-bond donors (Lipinski definition) is 2. The van der Waals surface area contributed by atoms with Crippen LogP contribution in [0.3, 0.4) is 0 Å². The Hall–Kier alpha value is -4.66. The lowest BCUT2D eigenvalue weighted by molar-refractivity contribution is -0.137. The number of fused-ring (bicyclic) bond motifs is 1. The van der Waals surface area contributed by atoms with Gasteiger partial charge < -0.3 is 24.6 Å². The lowest BCUT2D eigenvalue weighted by Gasteiger charge is -2.14. The van der Waals surface area contributed by atoms with Gasteiger partial charge in [-0.2, -0.15) is 0 Å². The number of carboxylic acids is 1. The highest BCUT2D eigenvalue weighted by molar-refractivity contribution is 6.08. The summed E-state index contributed by atoms with van der Waals surface area (Å²) in [5.41, 5.74) is 7.01. The molecule has 0 bridgehead atoms. The van der Waals surface area contributed by atoms with E-state index in [4.69, 9.17) is 19.3 Å². The van der Waals surface area contributed by atoms with Gasteiger partial charge in [0, 0.05) is 48.7 Å². The van der Waals surface area contributed by atoms with Gasteiger partial charge in [-0.05, 0) is 77.1 Å². The summed E-state index contributed by atoms with van der Waals surface area (Å²) in [7, 11) is 4.65. The number of ether oxygens (including phenoxy) is 3. The standard InChI is InChI=1S/C30H31N3O6/c1-18-22(11-20-12-26(37-2)21(5-6-30(35)36)27(13-20)38-3)25-17-33-29(39-4)15-24(25)23(18)14-28(34)32-16-19-7-9-31-10-8-19/h7-13,15,17H,5-6,14,16H2,1-4H3,(H,32,34)(H,35,36). The van der Waals surface area contributed by atoms with E-state index in [9.17, 15) is 9.59 Å². The largest absolute Gasteiger partial charge is 0.496 e. The zero-order valence-electron chi connectivity index (χ0n) is 22.4. The van der Waals surface area contributed by atoms with E-state index in [0.717, 1.165) is 39.0 Å². The van der Waals surface area contributed by atoms with E-state index < -0.39 is 5.97 Å². The van der Waals surface area contributed by atoms with E-state index in [1.54, 1.807) is 39.9 Å². The maximum absolute atomic E-state index is 13.0. The van der Waals surface area contributed by atoms with Crippen molar-refractivity contribution in [3.63, 3.8) is 0 Å². The quantitative estimate of drug-likeness (QED) is 0.371. The number of nitrogens with one attached hydrogen (secondary N) is 1. The fraction of sp³-hybridized carbons (Fsp3) is 0.267. The zero-order chi connectivity index (χ0) is 27.9. The summed E-state index contributed by atoms with van der Waals surface area (Å²) < 4.78 is 16.5. The lowest BCUT2D eigenvalue weighted by atomic mass is 9.99. The number of hydrogen-bond acceptors (Lipinski definition) is 7. The molecule has 0 saturated heterocycles. The van der Waals surface area contributed by atoms with E-state index in [-0.39, 0.29) is 25.2 Å². The van der Waals surface area contributed by atoms with Crippen LogP contribution < -0.4 is 19.5 Å². The summed E-state index contributed by atoms with van der Waals surface area (Å²) >= 11 is 0. The number of nitrogens with zero attached hydrogens (tertiary/aromatic N) is 2. The van der Waals surface area contributed by atoms with Crippen LogP contribution in [0.25, 0.3) is 17.2 Å². The molecule has 0 atom stereocenters. The Labute approximate surface area is 227 Å². The Morgan fingerprint density at radius 3 is 2.31 bits per heavy atom. The van der Waals surface area contributed by atoms with Crippen molar-refractivity contribution < 1.29 is 28.9 Å². The van der Waals surface area contributed by atoms with Gasteiger partial charge in [0.1, 0.15) is 11.5 Å². The van der Waals surface area contributed by atoms with Gasteiger partial charge in [0.15, 0.2) is 0 Å². The molecule has 1 amide bonds. The van der Waals surface area contributed by atoms with E-state index in [0.29, 0.717) is 29.5 Å². The molecular weight excluding hydrogens is 498 g/mol. The Bertz CT molecular complexity index is 1420. The molecule has 202 valence electrons. The number of benzene rings is 1. The molecule has 39 heavy (non-hydrogen) atoms. The van der Waals surface area contributed by atoms with Gasteiger partial charge in [-0.25, -0.2) is 4.98 Å². The Kier molecular flexibility index (Phi) is 8.60. The second-order valence-electron chi connectivity index (χ2n) is 9.04. The summed E-state index contributed by atoms with van der Waals surface area (Å²) in [5, 5.41) is 12.1. The fourth-order valence-electron chi connectivity index (χ4n) is 4.65. The molecule has 2 aromatic heterocycles. The van der Waals surface area contributed by atoms with Gasteiger partial charge in [-0.15, -0.1) is 0 Å². The van der Waals surface area contributed by atoms with Crippen molar-refractivity contribution in [3.05, 3.63) is 82.3 Å². The van der Waals surface area contributed by atoms with Crippen LogP contribution in [-0.2, 0) is 22.6 Å². The predicted molar refractivity (Wildman–Crippen MR) is 147 cm³/mol. The van der Waals surface area contributed by atoms with Gasteiger partial charge in [-0.3, -0.25) is 14.6 Å². The van der Waals surface area contributed by atoms with Crippen LogP contribution in [0.1, 0.15) is 47.6 Å². The monoisotopic (exact) mass is 529 g/mol. The SMILES string of the molecule is COc1cc2c(cn1)C(=Cc1cc(OC)c(CCC(=O)O)c(OC)c1)C(C)=C2CC(=O)NCc1ccncc1. The molecule has 0 spiro atoms. The van der Waals surface area contributed by atoms with Crippen LogP contribution in [0.2, 0.25) is 0 Å². The summed E-state index contributed by atoms with van der Waals surface area (Å²) in [4.78, 5) is 32.5. The summed E-state index contributed by atoms with van der Waals surface area (Å²) in [6, 6.07) is 9.29. The first-order chi connectivity index (χ1) is 18.8. The van der Waals surface area contributed by atoms with E-state index in [2.05, 4.69) is 15.3 Å². The molecule has 9 nitrogen and oxygen atoms in total. The number of methoxy groups -OCH3 is 3. The zero-order valence-corrected chi connectivity index (χ0v) is 22.4. The minimum absolute atomic E-state index is 0.0392. The average molecular weight is 530 g/mol. The van der Waals surface area contributed by atoms with Crippen LogP contribution in [-0.4, -0.2) is 48.3 Å². The topological polar surface area (TPSA) is 120 Å². The number of carbonyl (C=O) groups excluding carboxylic acids is 1. The molecule has 9 heteroatoms. The first-order valence-electron chi connectivity index (χ1n) is 12.4. The smallest absolute Gasteiger partial charge is 0.303 e. The molecule has 2 N–H and O–H groups in total. The van der Waals surface area contributed by atoms with Crippen molar-refractivity contribution >= 4 is 29.1 Å². The second-order valence-corrected chi connectivity index (χ2v) is 9.04. The van der Waals surface area contributed by atoms with Crippen molar-refractivity contribution in [1.29, 1.82) is 0 Å². The number of pyridine rings is 2. The number of allylic oxidation sites excluding steroid dienone is 2. The van der Waals surface area contributed by atoms with E-state index in [1.165, 1.54) is 0 Å². The van der Waals surface area contributed by atoms with Crippen molar-refractivity contribution in [2.45, 2.75) is 32.7 Å². The first kappa shape index (κ1) is 27.4. The Morgan fingerprint density at radius 2 is 1.69 bits per heavy atom. The first-order valence-corrected chi connectivity index (χ1v) is 12.4. The number of aliphatic carboxylic acids is 1. The van der Waals surface area contributed by atoms with Crippen LogP contribution in [0, 0.1) is 0 Å². The van der Waals surface area contributed by atoms with E-state index in [1.807, 2.05) is 43.3 Å². The van der Waals surface area contributed by atoms with Crippen LogP contribution in [0.4, 0.5) is 0 Å². The summed E-state index contributed by atoms with van der Waals surface area (Å²) in [6.45, 7) is 2.40. The number of carboxylic acid groups (broad SMARTS) is 1. The van der Waals surface area contributed by atoms with Gasteiger partial charge in [-0.1, -0.05) is 0 Å². The maximum atomic E-state index is 13.0. The van der Waals surface area contributed by atoms with Gasteiger partial charge >= 0.3 is 5.97 Å².